The summed E-state index contributed by atoms with van der Waals surface area (Å²) < 4.78 is 5.47. The van der Waals surface area contributed by atoms with Crippen molar-refractivity contribution in [3.05, 3.63) is 23.8 Å². The first kappa shape index (κ1) is 11.1. The molecule has 1 aromatic carbocycles. The molecule has 1 aromatic rings. The van der Waals surface area contributed by atoms with E-state index in [4.69, 9.17) is 4.74 Å². The molecule has 76 valence electrons. The van der Waals surface area contributed by atoms with Crippen LogP contribution in [0, 0.1) is 6.92 Å². The molecule has 1 rings (SSSR count). The minimum atomic E-state index is -1.48. The van der Waals surface area contributed by atoms with E-state index in [9.17, 15) is 10.0 Å². The van der Waals surface area contributed by atoms with Crippen LogP contribution in [0.15, 0.2) is 18.2 Å². The van der Waals surface area contributed by atoms with Crippen LogP contribution in [0.25, 0.3) is 0 Å². The molecule has 0 radical (unpaired) electrons. The van der Waals surface area contributed by atoms with Crippen LogP contribution < -0.4 is 10.2 Å². The van der Waals surface area contributed by atoms with Gasteiger partial charge in [-0.15, -0.1) is 0 Å². The standard InChI is InChI=1S/C10H15BO3/c1-7(2)14-9-6-4-5-8(3)10(9)11(12)13/h4-7,12-13H,1-3H3. The molecule has 0 unspecified atom stereocenters. The van der Waals surface area contributed by atoms with E-state index < -0.39 is 7.12 Å². The lowest BCUT2D eigenvalue weighted by Gasteiger charge is -2.15. The summed E-state index contributed by atoms with van der Waals surface area (Å²) in [7, 11) is -1.48. The molecule has 0 heterocycles. The third kappa shape index (κ3) is 2.50. The Morgan fingerprint density at radius 1 is 1.29 bits per heavy atom. The van der Waals surface area contributed by atoms with Crippen molar-refractivity contribution in [1.29, 1.82) is 0 Å². The van der Waals surface area contributed by atoms with Crippen LogP contribution in [0.1, 0.15) is 19.4 Å². The maximum Gasteiger partial charge on any atom is 0.492 e. The largest absolute Gasteiger partial charge is 0.492 e. The lowest BCUT2D eigenvalue weighted by atomic mass is 9.76. The van der Waals surface area contributed by atoms with E-state index in [0.717, 1.165) is 5.56 Å². The van der Waals surface area contributed by atoms with Crippen molar-refractivity contribution in [2.45, 2.75) is 26.9 Å². The fraction of sp³-hybridized carbons (Fsp3) is 0.400. The Labute approximate surface area is 84.5 Å². The van der Waals surface area contributed by atoms with E-state index >= 15 is 0 Å². The third-order valence-corrected chi connectivity index (χ3v) is 1.90. The van der Waals surface area contributed by atoms with Crippen LogP contribution >= 0.6 is 0 Å². The van der Waals surface area contributed by atoms with Gasteiger partial charge in [-0.25, -0.2) is 0 Å². The number of rotatable bonds is 3. The second-order valence-electron chi connectivity index (χ2n) is 3.53. The van der Waals surface area contributed by atoms with Gasteiger partial charge in [0.25, 0.3) is 0 Å². The van der Waals surface area contributed by atoms with Crippen LogP contribution in [0.5, 0.6) is 5.75 Å². The highest BCUT2D eigenvalue weighted by Gasteiger charge is 2.19. The molecular weight excluding hydrogens is 179 g/mol. The van der Waals surface area contributed by atoms with Crippen LogP contribution in [-0.4, -0.2) is 23.3 Å². The minimum Gasteiger partial charge on any atom is -0.491 e. The molecule has 4 heteroatoms. The summed E-state index contributed by atoms with van der Waals surface area (Å²) in [6.07, 6.45) is 0.0225. The van der Waals surface area contributed by atoms with Gasteiger partial charge in [-0.05, 0) is 32.4 Å². The molecule has 0 bridgehead atoms. The summed E-state index contributed by atoms with van der Waals surface area (Å²) in [5.74, 6) is 0.537. The molecule has 0 fully saturated rings. The molecule has 0 saturated carbocycles. The lowest BCUT2D eigenvalue weighted by Crippen LogP contribution is -2.34. The number of hydrogen-bond acceptors (Lipinski definition) is 3. The highest BCUT2D eigenvalue weighted by molar-refractivity contribution is 6.60. The summed E-state index contributed by atoms with van der Waals surface area (Å²) in [5, 5.41) is 18.3. The summed E-state index contributed by atoms with van der Waals surface area (Å²) >= 11 is 0. The molecular formula is C10H15BO3. The fourth-order valence-corrected chi connectivity index (χ4v) is 1.34. The van der Waals surface area contributed by atoms with Gasteiger partial charge in [0.05, 0.1) is 6.10 Å². The second kappa shape index (κ2) is 4.48. The van der Waals surface area contributed by atoms with Gasteiger partial charge in [0.15, 0.2) is 0 Å². The zero-order valence-corrected chi connectivity index (χ0v) is 8.69. The second-order valence-corrected chi connectivity index (χ2v) is 3.53. The van der Waals surface area contributed by atoms with Crippen molar-refractivity contribution in [2.75, 3.05) is 0 Å². The fourth-order valence-electron chi connectivity index (χ4n) is 1.34. The number of ether oxygens (including phenoxy) is 1. The van der Waals surface area contributed by atoms with Gasteiger partial charge in [-0.3, -0.25) is 0 Å². The SMILES string of the molecule is Cc1cccc(OC(C)C)c1B(O)O. The zero-order valence-electron chi connectivity index (χ0n) is 8.69. The number of hydrogen-bond donors (Lipinski definition) is 2. The molecule has 0 aliphatic heterocycles. The van der Waals surface area contributed by atoms with Gasteiger partial charge in [-0.2, -0.15) is 0 Å². The van der Waals surface area contributed by atoms with Crippen molar-refractivity contribution in [2.24, 2.45) is 0 Å². The van der Waals surface area contributed by atoms with Gasteiger partial charge in [0.2, 0.25) is 0 Å². The van der Waals surface area contributed by atoms with Crippen molar-refractivity contribution in [3.8, 4) is 5.75 Å². The van der Waals surface area contributed by atoms with E-state index in [0.29, 0.717) is 11.2 Å². The normalized spacial score (nSPS) is 10.4. The van der Waals surface area contributed by atoms with Crippen molar-refractivity contribution in [1.82, 2.24) is 0 Å². The molecule has 0 aliphatic rings. The van der Waals surface area contributed by atoms with E-state index in [1.165, 1.54) is 0 Å². The highest BCUT2D eigenvalue weighted by Crippen LogP contribution is 2.12. The van der Waals surface area contributed by atoms with Crippen LogP contribution in [0.3, 0.4) is 0 Å². The molecule has 0 atom stereocenters. The van der Waals surface area contributed by atoms with Gasteiger partial charge in [-0.1, -0.05) is 12.1 Å². The Balaban J connectivity index is 3.08. The summed E-state index contributed by atoms with van der Waals surface area (Å²) in [5.41, 5.74) is 1.26. The first-order chi connectivity index (χ1) is 6.52. The Morgan fingerprint density at radius 3 is 2.43 bits per heavy atom. The highest BCUT2D eigenvalue weighted by atomic mass is 16.5. The van der Waals surface area contributed by atoms with Gasteiger partial charge in [0, 0.05) is 5.46 Å². The van der Waals surface area contributed by atoms with Crippen molar-refractivity contribution < 1.29 is 14.8 Å². The summed E-state index contributed by atoms with van der Waals surface area (Å²) in [4.78, 5) is 0. The molecule has 0 aliphatic carbocycles. The van der Waals surface area contributed by atoms with Crippen molar-refractivity contribution in [3.63, 3.8) is 0 Å². The smallest absolute Gasteiger partial charge is 0.491 e. The van der Waals surface area contributed by atoms with E-state index in [1.54, 1.807) is 6.07 Å². The average Bonchev–Trinajstić information content (AvgIpc) is 2.01. The Kier molecular flexibility index (Phi) is 3.55. The molecule has 3 nitrogen and oxygen atoms in total. The zero-order chi connectivity index (χ0) is 10.7. The van der Waals surface area contributed by atoms with E-state index in [-0.39, 0.29) is 6.10 Å². The Morgan fingerprint density at radius 2 is 1.93 bits per heavy atom. The molecule has 0 saturated heterocycles. The third-order valence-electron chi connectivity index (χ3n) is 1.90. The van der Waals surface area contributed by atoms with Gasteiger partial charge >= 0.3 is 7.12 Å². The molecule has 0 aromatic heterocycles. The molecule has 0 amide bonds. The van der Waals surface area contributed by atoms with Gasteiger partial charge < -0.3 is 14.8 Å². The van der Waals surface area contributed by atoms with Crippen LogP contribution in [-0.2, 0) is 0 Å². The van der Waals surface area contributed by atoms with E-state index in [1.807, 2.05) is 32.9 Å². The maximum absolute atomic E-state index is 9.17. The average molecular weight is 194 g/mol. The number of aryl methyl sites for hydroxylation is 1. The number of benzene rings is 1. The van der Waals surface area contributed by atoms with E-state index in [2.05, 4.69) is 0 Å². The first-order valence-electron chi connectivity index (χ1n) is 4.64. The summed E-state index contributed by atoms with van der Waals surface area (Å²) in [6, 6.07) is 5.39. The topological polar surface area (TPSA) is 49.7 Å². The summed E-state index contributed by atoms with van der Waals surface area (Å²) in [6.45, 7) is 5.62. The molecule has 2 N–H and O–H groups in total. The Hall–Kier alpha value is -0.995. The van der Waals surface area contributed by atoms with Crippen LogP contribution in [0.4, 0.5) is 0 Å². The minimum absolute atomic E-state index is 0.0225. The maximum atomic E-state index is 9.17. The van der Waals surface area contributed by atoms with Crippen LogP contribution in [0.2, 0.25) is 0 Å². The Bertz CT molecular complexity index is 310. The molecule has 14 heavy (non-hydrogen) atoms. The van der Waals surface area contributed by atoms with Gasteiger partial charge in [0.1, 0.15) is 5.75 Å². The predicted octanol–water partition coefficient (Wildman–Crippen LogP) is 0.462. The monoisotopic (exact) mass is 194 g/mol. The predicted molar refractivity (Wildman–Crippen MR) is 56.8 cm³/mol. The quantitative estimate of drug-likeness (QED) is 0.687. The van der Waals surface area contributed by atoms with Crippen molar-refractivity contribution >= 4 is 12.6 Å². The first-order valence-corrected chi connectivity index (χ1v) is 4.64. The lowest BCUT2D eigenvalue weighted by molar-refractivity contribution is 0.243. The molecule has 0 spiro atoms.